The molecule has 2 heteroatoms. The Morgan fingerprint density at radius 3 is 2.81 bits per heavy atom. The third-order valence-corrected chi connectivity index (χ3v) is 3.91. The maximum atomic E-state index is 10.8. The minimum absolute atomic E-state index is 0.120. The van der Waals surface area contributed by atoms with Crippen molar-refractivity contribution in [3.63, 3.8) is 0 Å². The molecule has 2 fully saturated rings. The summed E-state index contributed by atoms with van der Waals surface area (Å²) in [5.74, 6) is 0.977. The van der Waals surface area contributed by atoms with Gasteiger partial charge in [-0.15, -0.1) is 0 Å². The number of hydrogen-bond donors (Lipinski definition) is 0. The molecule has 1 heterocycles. The van der Waals surface area contributed by atoms with E-state index in [-0.39, 0.29) is 5.78 Å². The molecule has 0 aromatic carbocycles. The summed E-state index contributed by atoms with van der Waals surface area (Å²) < 4.78 is 0. The van der Waals surface area contributed by atoms with Crippen LogP contribution in [0.2, 0.25) is 0 Å². The molecule has 2 unspecified atom stereocenters. The molecule has 0 bridgehead atoms. The van der Waals surface area contributed by atoms with Crippen LogP contribution < -0.4 is 0 Å². The average molecular weight is 219 g/mol. The second kappa shape index (κ2) is 4.86. The summed E-state index contributed by atoms with van der Waals surface area (Å²) in [6.07, 6.45) is 12.3. The van der Waals surface area contributed by atoms with Crippen molar-refractivity contribution in [2.24, 2.45) is 5.92 Å². The van der Waals surface area contributed by atoms with Crippen molar-refractivity contribution in [1.29, 1.82) is 0 Å². The molecule has 88 valence electrons. The van der Waals surface area contributed by atoms with Crippen LogP contribution in [-0.4, -0.2) is 23.8 Å². The number of carbonyl (C=O) groups excluding carboxylic acids is 1. The van der Waals surface area contributed by atoms with Gasteiger partial charge in [0.05, 0.1) is 0 Å². The molecule has 2 aliphatic rings. The predicted molar refractivity (Wildman–Crippen MR) is 66.0 cm³/mol. The molecule has 0 spiro atoms. The van der Waals surface area contributed by atoms with Crippen LogP contribution >= 0.6 is 0 Å². The van der Waals surface area contributed by atoms with Gasteiger partial charge in [-0.25, -0.2) is 0 Å². The van der Waals surface area contributed by atoms with Crippen LogP contribution in [0, 0.1) is 5.92 Å². The first-order valence-corrected chi connectivity index (χ1v) is 6.29. The average Bonchev–Trinajstić information content (AvgIpc) is 2.56. The summed E-state index contributed by atoms with van der Waals surface area (Å²) in [4.78, 5) is 13.2. The summed E-state index contributed by atoms with van der Waals surface area (Å²) in [7, 11) is 2.20. The predicted octanol–water partition coefficient (Wildman–Crippen LogP) is 2.91. The van der Waals surface area contributed by atoms with Crippen molar-refractivity contribution in [3.05, 3.63) is 23.9 Å². The largest absolute Gasteiger partial charge is 0.375 e. The fourth-order valence-electron chi connectivity index (χ4n) is 3.04. The van der Waals surface area contributed by atoms with Crippen molar-refractivity contribution in [3.8, 4) is 0 Å². The van der Waals surface area contributed by atoms with E-state index in [2.05, 4.69) is 18.0 Å². The second-order valence-corrected chi connectivity index (χ2v) is 5.05. The minimum Gasteiger partial charge on any atom is -0.375 e. The molecule has 2 nitrogen and oxygen atoms in total. The fourth-order valence-corrected chi connectivity index (χ4v) is 3.04. The van der Waals surface area contributed by atoms with Gasteiger partial charge >= 0.3 is 0 Å². The Morgan fingerprint density at radius 1 is 1.38 bits per heavy atom. The number of nitrogens with zero attached hydrogens (tertiary/aromatic N) is 1. The van der Waals surface area contributed by atoms with Gasteiger partial charge in [0.25, 0.3) is 0 Å². The number of allylic oxidation sites excluding steroid dienone is 4. The Kier molecular flexibility index (Phi) is 3.47. The van der Waals surface area contributed by atoms with Crippen molar-refractivity contribution in [1.82, 2.24) is 4.90 Å². The molecule has 0 aromatic heterocycles. The van der Waals surface area contributed by atoms with E-state index in [0.717, 1.165) is 12.0 Å². The zero-order valence-electron chi connectivity index (χ0n) is 10.3. The Bertz CT molecular complexity index is 330. The lowest BCUT2D eigenvalue weighted by Gasteiger charge is -2.30. The maximum absolute atomic E-state index is 10.8. The SMILES string of the molecule is CC(=O)/C=C/C=C1/CC2CCCCC2N1C. The normalized spacial score (nSPS) is 32.4. The summed E-state index contributed by atoms with van der Waals surface area (Å²) in [5, 5.41) is 0. The van der Waals surface area contributed by atoms with Gasteiger partial charge in [-0.2, -0.15) is 0 Å². The Labute approximate surface area is 98.0 Å². The zero-order chi connectivity index (χ0) is 11.5. The summed E-state index contributed by atoms with van der Waals surface area (Å²) in [6, 6.07) is 0.755. The standard InChI is InChI=1S/C14H21NO/c1-11(16)6-5-8-13-10-12-7-3-4-9-14(12)15(13)2/h5-6,8,12,14H,3-4,7,9-10H2,1-2H3/b6-5+,13-8-. The van der Waals surface area contributed by atoms with E-state index in [9.17, 15) is 4.79 Å². The quantitative estimate of drug-likeness (QED) is 0.666. The highest BCUT2D eigenvalue weighted by molar-refractivity contribution is 5.87. The van der Waals surface area contributed by atoms with Gasteiger partial charge in [0.2, 0.25) is 0 Å². The van der Waals surface area contributed by atoms with E-state index in [1.54, 1.807) is 13.0 Å². The minimum atomic E-state index is 0.120. The van der Waals surface area contributed by atoms with Gasteiger partial charge in [0.1, 0.15) is 0 Å². The molecule has 16 heavy (non-hydrogen) atoms. The smallest absolute Gasteiger partial charge is 0.152 e. The number of carbonyl (C=O) groups is 1. The Balaban J connectivity index is 2.04. The van der Waals surface area contributed by atoms with Gasteiger partial charge in [0.15, 0.2) is 5.78 Å². The monoisotopic (exact) mass is 219 g/mol. The zero-order valence-corrected chi connectivity index (χ0v) is 10.3. The first kappa shape index (κ1) is 11.4. The van der Waals surface area contributed by atoms with Crippen LogP contribution in [0.1, 0.15) is 39.0 Å². The lowest BCUT2D eigenvalue weighted by molar-refractivity contribution is -0.112. The lowest BCUT2D eigenvalue weighted by atomic mass is 9.85. The topological polar surface area (TPSA) is 20.3 Å². The van der Waals surface area contributed by atoms with Crippen molar-refractivity contribution in [2.75, 3.05) is 7.05 Å². The molecule has 0 N–H and O–H groups in total. The molecular weight excluding hydrogens is 198 g/mol. The highest BCUT2D eigenvalue weighted by atomic mass is 16.1. The molecular formula is C14H21NO. The number of ketones is 1. The van der Waals surface area contributed by atoms with E-state index in [1.807, 2.05) is 6.08 Å². The van der Waals surface area contributed by atoms with Gasteiger partial charge in [-0.1, -0.05) is 18.9 Å². The fraction of sp³-hybridized carbons (Fsp3) is 0.643. The number of likely N-dealkylation sites (tertiary alicyclic amines) is 1. The summed E-state index contributed by atoms with van der Waals surface area (Å²) in [5.41, 5.74) is 1.40. The highest BCUT2D eigenvalue weighted by Gasteiger charge is 2.35. The molecule has 0 radical (unpaired) electrons. The van der Waals surface area contributed by atoms with Gasteiger partial charge < -0.3 is 4.90 Å². The van der Waals surface area contributed by atoms with E-state index in [1.165, 1.54) is 37.8 Å². The van der Waals surface area contributed by atoms with Crippen LogP contribution in [0.25, 0.3) is 0 Å². The lowest BCUT2D eigenvalue weighted by Crippen LogP contribution is -2.30. The molecule has 0 amide bonds. The van der Waals surface area contributed by atoms with Crippen LogP contribution in [0.5, 0.6) is 0 Å². The molecule has 1 aliphatic heterocycles. The second-order valence-electron chi connectivity index (χ2n) is 5.05. The van der Waals surface area contributed by atoms with Crippen LogP contribution in [0.4, 0.5) is 0 Å². The first-order chi connectivity index (χ1) is 7.68. The molecule has 1 aliphatic carbocycles. The van der Waals surface area contributed by atoms with E-state index in [0.29, 0.717) is 0 Å². The van der Waals surface area contributed by atoms with Crippen LogP contribution in [-0.2, 0) is 4.79 Å². The number of fused-ring (bicyclic) bond motifs is 1. The Hall–Kier alpha value is -1.05. The third-order valence-electron chi connectivity index (χ3n) is 3.91. The van der Waals surface area contributed by atoms with Crippen molar-refractivity contribution < 1.29 is 4.79 Å². The molecule has 1 saturated carbocycles. The van der Waals surface area contributed by atoms with E-state index < -0.39 is 0 Å². The van der Waals surface area contributed by atoms with Gasteiger partial charge in [0, 0.05) is 18.8 Å². The van der Waals surface area contributed by atoms with E-state index in [4.69, 9.17) is 0 Å². The van der Waals surface area contributed by atoms with E-state index >= 15 is 0 Å². The van der Waals surface area contributed by atoms with Crippen molar-refractivity contribution >= 4 is 5.78 Å². The van der Waals surface area contributed by atoms with Gasteiger partial charge in [-0.3, -0.25) is 4.79 Å². The molecule has 2 atom stereocenters. The highest BCUT2D eigenvalue weighted by Crippen LogP contribution is 2.40. The van der Waals surface area contributed by atoms with Crippen LogP contribution in [0.15, 0.2) is 23.9 Å². The molecule has 0 aromatic rings. The van der Waals surface area contributed by atoms with Crippen LogP contribution in [0.3, 0.4) is 0 Å². The molecule has 2 rings (SSSR count). The maximum Gasteiger partial charge on any atom is 0.152 e. The molecule has 1 saturated heterocycles. The van der Waals surface area contributed by atoms with Gasteiger partial charge in [-0.05, 0) is 44.3 Å². The number of rotatable bonds is 2. The van der Waals surface area contributed by atoms with Crippen molar-refractivity contribution in [2.45, 2.75) is 45.1 Å². The Morgan fingerprint density at radius 2 is 2.12 bits per heavy atom. The number of hydrogen-bond acceptors (Lipinski definition) is 2. The summed E-state index contributed by atoms with van der Waals surface area (Å²) >= 11 is 0. The summed E-state index contributed by atoms with van der Waals surface area (Å²) in [6.45, 7) is 1.59. The third kappa shape index (κ3) is 2.37. The first-order valence-electron chi connectivity index (χ1n) is 6.29.